The molecule has 7 heteroatoms. The van der Waals surface area contributed by atoms with Crippen molar-refractivity contribution in [1.82, 2.24) is 9.97 Å². The molecule has 23 heavy (non-hydrogen) atoms. The predicted molar refractivity (Wildman–Crippen MR) is 91.5 cm³/mol. The quantitative estimate of drug-likeness (QED) is 0.591. The zero-order valence-corrected chi connectivity index (χ0v) is 13.9. The van der Waals surface area contributed by atoms with Crippen molar-refractivity contribution >= 4 is 35.0 Å². The van der Waals surface area contributed by atoms with E-state index in [1.54, 1.807) is 30.5 Å². The van der Waals surface area contributed by atoms with Gasteiger partial charge in [0.1, 0.15) is 5.82 Å². The summed E-state index contributed by atoms with van der Waals surface area (Å²) in [5.41, 5.74) is 0.988. The number of aromatic nitrogens is 2. The maximum absolute atomic E-state index is 11.6. The molecular weight excluding hydrogens is 316 g/mol. The zero-order valence-electron chi connectivity index (χ0n) is 13.1. The lowest BCUT2D eigenvalue weighted by Gasteiger charge is -2.10. The summed E-state index contributed by atoms with van der Waals surface area (Å²) >= 11 is 6.16. The van der Waals surface area contributed by atoms with Crippen molar-refractivity contribution in [3.8, 4) is 0 Å². The van der Waals surface area contributed by atoms with E-state index in [-0.39, 0.29) is 0 Å². The third-order valence-electron chi connectivity index (χ3n) is 3.12. The van der Waals surface area contributed by atoms with Gasteiger partial charge in [-0.2, -0.15) is 4.98 Å². The number of ether oxygens (including phenoxy) is 1. The fourth-order valence-electron chi connectivity index (χ4n) is 1.89. The van der Waals surface area contributed by atoms with Gasteiger partial charge in [0.25, 0.3) is 0 Å². The Balaban J connectivity index is 2.15. The van der Waals surface area contributed by atoms with Crippen LogP contribution in [0, 0.1) is 0 Å². The SMILES string of the molecule is CCCCNc1nccc(Nc2cc(C(=O)OC)ccc2Cl)n1. The van der Waals surface area contributed by atoms with E-state index in [4.69, 9.17) is 16.3 Å². The summed E-state index contributed by atoms with van der Waals surface area (Å²) in [5, 5.41) is 6.73. The number of halogens is 1. The fourth-order valence-corrected chi connectivity index (χ4v) is 2.06. The first-order valence-electron chi connectivity index (χ1n) is 7.36. The highest BCUT2D eigenvalue weighted by Gasteiger charge is 2.10. The van der Waals surface area contributed by atoms with Gasteiger partial charge in [0.05, 0.1) is 23.4 Å². The molecule has 0 amide bonds. The molecule has 122 valence electrons. The second-order valence-corrected chi connectivity index (χ2v) is 5.26. The average Bonchev–Trinajstić information content (AvgIpc) is 2.57. The number of nitrogens with zero attached hydrogens (tertiary/aromatic N) is 2. The van der Waals surface area contributed by atoms with E-state index in [1.165, 1.54) is 7.11 Å². The Hall–Kier alpha value is -2.34. The second-order valence-electron chi connectivity index (χ2n) is 4.86. The largest absolute Gasteiger partial charge is 0.465 e. The van der Waals surface area contributed by atoms with Crippen LogP contribution in [0.15, 0.2) is 30.5 Å². The van der Waals surface area contributed by atoms with Crippen LogP contribution in [-0.2, 0) is 4.74 Å². The van der Waals surface area contributed by atoms with Crippen molar-refractivity contribution in [3.63, 3.8) is 0 Å². The summed E-state index contributed by atoms with van der Waals surface area (Å²) in [6, 6.07) is 6.60. The number of rotatable bonds is 7. The minimum atomic E-state index is -0.422. The number of benzene rings is 1. The summed E-state index contributed by atoms with van der Waals surface area (Å²) in [7, 11) is 1.34. The normalized spacial score (nSPS) is 10.2. The standard InChI is InChI=1S/C16H19ClN4O2/c1-3-4-8-18-16-19-9-7-14(21-16)20-13-10-11(15(22)23-2)5-6-12(13)17/h5-7,9-10H,3-4,8H2,1-2H3,(H2,18,19,20,21). The first-order chi connectivity index (χ1) is 11.1. The third-order valence-corrected chi connectivity index (χ3v) is 3.45. The van der Waals surface area contributed by atoms with Crippen LogP contribution in [-0.4, -0.2) is 29.6 Å². The van der Waals surface area contributed by atoms with Crippen molar-refractivity contribution < 1.29 is 9.53 Å². The van der Waals surface area contributed by atoms with Crippen LogP contribution >= 0.6 is 11.6 Å². The third kappa shape index (κ3) is 4.82. The molecular formula is C16H19ClN4O2. The molecule has 2 N–H and O–H groups in total. The van der Waals surface area contributed by atoms with Gasteiger partial charge in [-0.15, -0.1) is 0 Å². The van der Waals surface area contributed by atoms with E-state index < -0.39 is 5.97 Å². The molecule has 0 spiro atoms. The van der Waals surface area contributed by atoms with Crippen LogP contribution in [0.3, 0.4) is 0 Å². The van der Waals surface area contributed by atoms with Crippen molar-refractivity contribution in [1.29, 1.82) is 0 Å². The van der Waals surface area contributed by atoms with Crippen molar-refractivity contribution in [3.05, 3.63) is 41.0 Å². The summed E-state index contributed by atoms with van der Waals surface area (Å²) < 4.78 is 4.71. The Morgan fingerprint density at radius 3 is 2.91 bits per heavy atom. The van der Waals surface area contributed by atoms with Gasteiger partial charge < -0.3 is 15.4 Å². The van der Waals surface area contributed by atoms with E-state index in [9.17, 15) is 4.79 Å². The Morgan fingerprint density at radius 1 is 1.35 bits per heavy atom. The maximum atomic E-state index is 11.6. The Labute approximate surface area is 140 Å². The van der Waals surface area contributed by atoms with E-state index in [0.717, 1.165) is 19.4 Å². The molecule has 0 radical (unpaired) electrons. The molecule has 0 aliphatic carbocycles. The highest BCUT2D eigenvalue weighted by molar-refractivity contribution is 6.33. The van der Waals surface area contributed by atoms with Crippen molar-refractivity contribution in [2.24, 2.45) is 0 Å². The molecule has 0 fully saturated rings. The first-order valence-corrected chi connectivity index (χ1v) is 7.73. The number of nitrogens with one attached hydrogen (secondary N) is 2. The monoisotopic (exact) mass is 334 g/mol. The minimum Gasteiger partial charge on any atom is -0.465 e. The first kappa shape index (κ1) is 17.0. The predicted octanol–water partition coefficient (Wildman–Crippen LogP) is 3.87. The van der Waals surface area contributed by atoms with Gasteiger partial charge in [-0.1, -0.05) is 24.9 Å². The molecule has 6 nitrogen and oxygen atoms in total. The summed E-state index contributed by atoms with van der Waals surface area (Å²) in [6.07, 6.45) is 3.80. The van der Waals surface area contributed by atoms with Crippen LogP contribution in [0.25, 0.3) is 0 Å². The maximum Gasteiger partial charge on any atom is 0.337 e. The number of anilines is 3. The second kappa shape index (κ2) is 8.33. The van der Waals surface area contributed by atoms with E-state index in [0.29, 0.717) is 28.0 Å². The van der Waals surface area contributed by atoms with Crippen LogP contribution in [0.2, 0.25) is 5.02 Å². The number of carbonyl (C=O) groups is 1. The van der Waals surface area contributed by atoms with Gasteiger partial charge in [0.2, 0.25) is 5.95 Å². The fraction of sp³-hybridized carbons (Fsp3) is 0.312. The number of hydrogen-bond donors (Lipinski definition) is 2. The van der Waals surface area contributed by atoms with Crippen LogP contribution in [0.5, 0.6) is 0 Å². The number of methoxy groups -OCH3 is 1. The zero-order chi connectivity index (χ0) is 16.7. The molecule has 0 atom stereocenters. The molecule has 1 aromatic carbocycles. The summed E-state index contributed by atoms with van der Waals surface area (Å²) in [5.74, 6) is 0.709. The highest BCUT2D eigenvalue weighted by Crippen LogP contribution is 2.26. The number of hydrogen-bond acceptors (Lipinski definition) is 6. The lowest BCUT2D eigenvalue weighted by molar-refractivity contribution is 0.0601. The average molecular weight is 335 g/mol. The lowest BCUT2D eigenvalue weighted by Crippen LogP contribution is -2.06. The van der Waals surface area contributed by atoms with Crippen molar-refractivity contribution in [2.45, 2.75) is 19.8 Å². The van der Waals surface area contributed by atoms with E-state index in [1.807, 2.05) is 0 Å². The number of unbranched alkanes of at least 4 members (excludes halogenated alkanes) is 1. The van der Waals surface area contributed by atoms with Gasteiger partial charge >= 0.3 is 5.97 Å². The van der Waals surface area contributed by atoms with E-state index >= 15 is 0 Å². The Kier molecular flexibility index (Phi) is 6.17. The number of esters is 1. The molecule has 0 saturated carbocycles. The van der Waals surface area contributed by atoms with Gasteiger partial charge in [0, 0.05) is 12.7 Å². The summed E-state index contributed by atoms with van der Waals surface area (Å²) in [4.78, 5) is 20.1. The summed E-state index contributed by atoms with van der Waals surface area (Å²) in [6.45, 7) is 2.94. The molecule has 0 unspecified atom stereocenters. The topological polar surface area (TPSA) is 76.1 Å². The van der Waals surface area contributed by atoms with E-state index in [2.05, 4.69) is 27.5 Å². The van der Waals surface area contributed by atoms with Gasteiger partial charge in [0.15, 0.2) is 0 Å². The molecule has 0 bridgehead atoms. The van der Waals surface area contributed by atoms with Gasteiger partial charge in [-0.3, -0.25) is 0 Å². The van der Waals surface area contributed by atoms with Crippen LogP contribution in [0.4, 0.5) is 17.5 Å². The van der Waals surface area contributed by atoms with Crippen LogP contribution in [0.1, 0.15) is 30.1 Å². The molecule has 0 aliphatic rings. The number of carbonyl (C=O) groups excluding carboxylic acids is 1. The smallest absolute Gasteiger partial charge is 0.337 e. The molecule has 1 aromatic heterocycles. The Bertz CT molecular complexity index is 679. The minimum absolute atomic E-state index is 0.412. The molecule has 1 heterocycles. The van der Waals surface area contributed by atoms with Gasteiger partial charge in [-0.25, -0.2) is 9.78 Å². The molecule has 0 saturated heterocycles. The van der Waals surface area contributed by atoms with Gasteiger partial charge in [-0.05, 0) is 30.7 Å². The van der Waals surface area contributed by atoms with Crippen molar-refractivity contribution in [2.75, 3.05) is 24.3 Å². The molecule has 2 rings (SSSR count). The molecule has 0 aliphatic heterocycles. The molecule has 2 aromatic rings. The lowest BCUT2D eigenvalue weighted by atomic mass is 10.2. The Morgan fingerprint density at radius 2 is 2.17 bits per heavy atom. The van der Waals surface area contributed by atoms with Crippen LogP contribution < -0.4 is 10.6 Å². The highest BCUT2D eigenvalue weighted by atomic mass is 35.5.